The molecule has 0 radical (unpaired) electrons. The predicted octanol–water partition coefficient (Wildman–Crippen LogP) is 2.39. The summed E-state index contributed by atoms with van der Waals surface area (Å²) < 4.78 is 11.1. The minimum absolute atomic E-state index is 0.0183. The molecule has 4 heteroatoms. The number of rotatable bonds is 9. The van der Waals surface area contributed by atoms with E-state index in [-0.39, 0.29) is 6.10 Å². The Morgan fingerprint density at radius 2 is 2.22 bits per heavy atom. The van der Waals surface area contributed by atoms with Gasteiger partial charge in [-0.3, -0.25) is 0 Å². The summed E-state index contributed by atoms with van der Waals surface area (Å²) in [7, 11) is 0. The van der Waals surface area contributed by atoms with Crippen molar-refractivity contribution in [3.8, 4) is 5.88 Å². The summed E-state index contributed by atoms with van der Waals surface area (Å²) in [6.07, 6.45) is 2.90. The first-order valence-electron chi connectivity index (χ1n) is 6.66. The maximum atomic E-state index is 5.80. The third-order valence-corrected chi connectivity index (χ3v) is 2.46. The predicted molar refractivity (Wildman–Crippen MR) is 72.8 cm³/mol. The molecule has 18 heavy (non-hydrogen) atoms. The molecule has 1 rings (SSSR count). The van der Waals surface area contributed by atoms with E-state index in [4.69, 9.17) is 9.47 Å². The van der Waals surface area contributed by atoms with E-state index in [2.05, 4.69) is 17.2 Å². The van der Waals surface area contributed by atoms with Gasteiger partial charge in [-0.15, -0.1) is 0 Å². The molecule has 0 bridgehead atoms. The Hall–Kier alpha value is -1.13. The fraction of sp³-hybridized carbons (Fsp3) is 0.643. The van der Waals surface area contributed by atoms with Crippen molar-refractivity contribution in [2.24, 2.45) is 0 Å². The first-order valence-corrected chi connectivity index (χ1v) is 6.66. The topological polar surface area (TPSA) is 43.4 Å². The van der Waals surface area contributed by atoms with Crippen molar-refractivity contribution in [3.63, 3.8) is 0 Å². The maximum absolute atomic E-state index is 5.80. The van der Waals surface area contributed by atoms with Gasteiger partial charge in [0.25, 0.3) is 0 Å². The molecule has 0 fully saturated rings. The minimum Gasteiger partial charge on any atom is -0.472 e. The highest BCUT2D eigenvalue weighted by Gasteiger charge is 2.09. The van der Waals surface area contributed by atoms with Crippen LogP contribution in [0.1, 0.15) is 32.8 Å². The summed E-state index contributed by atoms with van der Waals surface area (Å²) in [5.41, 5.74) is 1.09. The molecule has 0 aliphatic heterocycles. The third-order valence-electron chi connectivity index (χ3n) is 2.46. The second-order valence-corrected chi connectivity index (χ2v) is 4.23. The van der Waals surface area contributed by atoms with Crippen LogP contribution >= 0.6 is 0 Å². The summed E-state index contributed by atoms with van der Waals surface area (Å²) in [5, 5.41) is 3.36. The van der Waals surface area contributed by atoms with Crippen LogP contribution in [0, 0.1) is 0 Å². The number of hydrogen-bond donors (Lipinski definition) is 1. The second-order valence-electron chi connectivity index (χ2n) is 4.23. The van der Waals surface area contributed by atoms with E-state index in [0.717, 1.165) is 25.1 Å². The van der Waals surface area contributed by atoms with Crippen LogP contribution in [0.4, 0.5) is 0 Å². The van der Waals surface area contributed by atoms with Crippen LogP contribution in [0.5, 0.6) is 5.88 Å². The van der Waals surface area contributed by atoms with Crippen molar-refractivity contribution in [1.82, 2.24) is 10.3 Å². The number of pyridine rings is 1. The van der Waals surface area contributed by atoms with E-state index in [1.807, 2.05) is 26.0 Å². The zero-order chi connectivity index (χ0) is 13.2. The van der Waals surface area contributed by atoms with E-state index in [1.54, 1.807) is 6.20 Å². The molecule has 0 aromatic carbocycles. The molecule has 1 aromatic heterocycles. The number of nitrogens with zero attached hydrogens (tertiary/aromatic N) is 1. The maximum Gasteiger partial charge on any atom is 0.218 e. The normalized spacial score (nSPS) is 12.4. The van der Waals surface area contributed by atoms with Gasteiger partial charge in [-0.1, -0.05) is 13.0 Å². The fourth-order valence-electron chi connectivity index (χ4n) is 1.57. The van der Waals surface area contributed by atoms with Crippen molar-refractivity contribution >= 4 is 0 Å². The summed E-state index contributed by atoms with van der Waals surface area (Å²) in [5.74, 6) is 0.702. The summed E-state index contributed by atoms with van der Waals surface area (Å²) in [6, 6.07) is 3.97. The monoisotopic (exact) mass is 252 g/mol. The van der Waals surface area contributed by atoms with Gasteiger partial charge in [-0.25, -0.2) is 4.98 Å². The number of nitrogens with one attached hydrogen (secondary N) is 1. The molecular formula is C14H24N2O2. The van der Waals surface area contributed by atoms with E-state index in [0.29, 0.717) is 19.1 Å². The molecule has 0 saturated heterocycles. The van der Waals surface area contributed by atoms with Crippen LogP contribution in [-0.2, 0) is 11.3 Å². The number of ether oxygens (including phenoxy) is 2. The average Bonchev–Trinajstić information content (AvgIpc) is 2.38. The molecule has 1 N–H and O–H groups in total. The van der Waals surface area contributed by atoms with Crippen molar-refractivity contribution in [2.45, 2.75) is 39.8 Å². The summed E-state index contributed by atoms with van der Waals surface area (Å²) in [4.78, 5) is 4.29. The van der Waals surface area contributed by atoms with Crippen LogP contribution in [0.3, 0.4) is 0 Å². The van der Waals surface area contributed by atoms with Crippen molar-refractivity contribution < 1.29 is 9.47 Å². The van der Waals surface area contributed by atoms with Gasteiger partial charge in [-0.05, 0) is 32.9 Å². The standard InChI is InChI=1S/C14H24N2O2/c1-4-8-15-10-13-7-6-9-16-14(13)18-12(3)11-17-5-2/h6-7,9,12,15H,4-5,8,10-11H2,1-3H3. The lowest BCUT2D eigenvalue weighted by Gasteiger charge is -2.16. The molecule has 102 valence electrons. The molecule has 1 atom stereocenters. The average molecular weight is 252 g/mol. The summed E-state index contributed by atoms with van der Waals surface area (Å²) in [6.45, 7) is 9.22. The van der Waals surface area contributed by atoms with Crippen LogP contribution in [0.2, 0.25) is 0 Å². The molecule has 1 unspecified atom stereocenters. The fourth-order valence-corrected chi connectivity index (χ4v) is 1.57. The molecule has 1 heterocycles. The summed E-state index contributed by atoms with van der Waals surface area (Å²) >= 11 is 0. The first-order chi connectivity index (χ1) is 8.77. The third kappa shape index (κ3) is 5.47. The van der Waals surface area contributed by atoms with Crippen LogP contribution in [-0.4, -0.2) is 30.8 Å². The SMILES string of the molecule is CCCNCc1cccnc1OC(C)COCC. The van der Waals surface area contributed by atoms with E-state index >= 15 is 0 Å². The van der Waals surface area contributed by atoms with Crippen molar-refractivity contribution in [3.05, 3.63) is 23.9 Å². The Labute approximate surface area is 110 Å². The van der Waals surface area contributed by atoms with Crippen LogP contribution in [0.25, 0.3) is 0 Å². The minimum atomic E-state index is 0.0183. The molecule has 4 nitrogen and oxygen atoms in total. The van der Waals surface area contributed by atoms with Gasteiger partial charge < -0.3 is 14.8 Å². The highest BCUT2D eigenvalue weighted by atomic mass is 16.5. The number of hydrogen-bond acceptors (Lipinski definition) is 4. The Bertz CT molecular complexity index is 331. The first kappa shape index (κ1) is 14.9. The van der Waals surface area contributed by atoms with Crippen LogP contribution < -0.4 is 10.1 Å². The van der Waals surface area contributed by atoms with Gasteiger partial charge in [0.15, 0.2) is 0 Å². The van der Waals surface area contributed by atoms with E-state index < -0.39 is 0 Å². The number of aromatic nitrogens is 1. The second kappa shape index (κ2) is 8.89. The van der Waals surface area contributed by atoms with Gasteiger partial charge in [-0.2, -0.15) is 0 Å². The van der Waals surface area contributed by atoms with Crippen LogP contribution in [0.15, 0.2) is 18.3 Å². The lowest BCUT2D eigenvalue weighted by molar-refractivity contribution is 0.0627. The molecule has 0 amide bonds. The molecule has 1 aromatic rings. The van der Waals surface area contributed by atoms with Gasteiger partial charge in [0.05, 0.1) is 6.61 Å². The Morgan fingerprint density at radius 1 is 1.39 bits per heavy atom. The van der Waals surface area contributed by atoms with Gasteiger partial charge in [0.2, 0.25) is 5.88 Å². The van der Waals surface area contributed by atoms with Gasteiger partial charge in [0.1, 0.15) is 6.10 Å². The zero-order valence-electron chi connectivity index (χ0n) is 11.6. The van der Waals surface area contributed by atoms with Gasteiger partial charge in [0, 0.05) is 24.9 Å². The Morgan fingerprint density at radius 3 is 2.94 bits per heavy atom. The zero-order valence-corrected chi connectivity index (χ0v) is 11.6. The van der Waals surface area contributed by atoms with E-state index in [1.165, 1.54) is 0 Å². The molecule has 0 aliphatic carbocycles. The smallest absolute Gasteiger partial charge is 0.218 e. The largest absolute Gasteiger partial charge is 0.472 e. The quantitative estimate of drug-likeness (QED) is 0.685. The Kier molecular flexibility index (Phi) is 7.37. The Balaban J connectivity index is 2.52. The van der Waals surface area contributed by atoms with Crippen molar-refractivity contribution in [2.75, 3.05) is 19.8 Å². The molecule has 0 aliphatic rings. The molecular weight excluding hydrogens is 228 g/mol. The van der Waals surface area contributed by atoms with Crippen molar-refractivity contribution in [1.29, 1.82) is 0 Å². The molecule has 0 saturated carbocycles. The van der Waals surface area contributed by atoms with Gasteiger partial charge >= 0.3 is 0 Å². The van der Waals surface area contributed by atoms with E-state index in [9.17, 15) is 0 Å². The highest BCUT2D eigenvalue weighted by molar-refractivity contribution is 5.25. The highest BCUT2D eigenvalue weighted by Crippen LogP contribution is 2.15. The molecule has 0 spiro atoms. The lowest BCUT2D eigenvalue weighted by Crippen LogP contribution is -2.21. The lowest BCUT2D eigenvalue weighted by atomic mass is 10.2.